The van der Waals surface area contributed by atoms with Crippen LogP contribution in [0.5, 0.6) is 5.75 Å². The number of carbonyl (C=O) groups is 1. The van der Waals surface area contributed by atoms with E-state index in [4.69, 9.17) is 4.74 Å². The van der Waals surface area contributed by atoms with Gasteiger partial charge in [0.1, 0.15) is 12.3 Å². The van der Waals surface area contributed by atoms with Crippen LogP contribution in [0.25, 0.3) is 21.3 Å². The molecule has 0 spiro atoms. The predicted molar refractivity (Wildman–Crippen MR) is 102 cm³/mol. The molecule has 0 atom stereocenters. The number of hydrogen-bond acceptors (Lipinski definition) is 5. The fourth-order valence-corrected chi connectivity index (χ4v) is 3.69. The van der Waals surface area contributed by atoms with Crippen LogP contribution < -0.4 is 15.7 Å². The maximum atomic E-state index is 12.4. The summed E-state index contributed by atoms with van der Waals surface area (Å²) in [6, 6.07) is 11.3. The van der Waals surface area contributed by atoms with Crippen LogP contribution >= 0.6 is 11.3 Å². The average Bonchev–Trinajstić information content (AvgIpc) is 3.19. The van der Waals surface area contributed by atoms with Crippen molar-refractivity contribution in [3.63, 3.8) is 0 Å². The van der Waals surface area contributed by atoms with Crippen molar-refractivity contribution in [3.8, 4) is 5.75 Å². The zero-order chi connectivity index (χ0) is 20.6. The van der Waals surface area contributed by atoms with E-state index in [1.54, 1.807) is 24.3 Å². The molecular weight excluding hydrogens is 409 g/mol. The third-order valence-corrected chi connectivity index (χ3v) is 4.93. The van der Waals surface area contributed by atoms with Gasteiger partial charge in [-0.3, -0.25) is 9.36 Å². The molecule has 0 saturated carbocycles. The van der Waals surface area contributed by atoms with Crippen LogP contribution in [0.1, 0.15) is 0 Å². The number of para-hydroxylation sites is 2. The number of thiazole rings is 1. The number of aromatic nitrogens is 3. The quantitative estimate of drug-likeness (QED) is 0.515. The Morgan fingerprint density at radius 2 is 2.03 bits per heavy atom. The van der Waals surface area contributed by atoms with E-state index in [-0.39, 0.29) is 17.4 Å². The van der Waals surface area contributed by atoms with Crippen molar-refractivity contribution >= 4 is 43.6 Å². The Bertz CT molecular complexity index is 1260. The smallest absolute Gasteiger partial charge is 0.422 e. The molecule has 29 heavy (non-hydrogen) atoms. The van der Waals surface area contributed by atoms with Gasteiger partial charge < -0.3 is 15.0 Å². The van der Waals surface area contributed by atoms with Crippen molar-refractivity contribution in [2.45, 2.75) is 12.7 Å². The second-order valence-electron chi connectivity index (χ2n) is 6.13. The number of fused-ring (bicyclic) bond motifs is 2. The van der Waals surface area contributed by atoms with Gasteiger partial charge in [0.25, 0.3) is 0 Å². The maximum Gasteiger partial charge on any atom is 0.422 e. The van der Waals surface area contributed by atoms with E-state index in [1.165, 1.54) is 22.8 Å². The first-order chi connectivity index (χ1) is 13.8. The number of halogens is 3. The molecule has 7 nitrogen and oxygen atoms in total. The molecule has 0 aliphatic rings. The van der Waals surface area contributed by atoms with Crippen LogP contribution in [0.4, 0.5) is 18.3 Å². The zero-order valence-corrected chi connectivity index (χ0v) is 15.4. The van der Waals surface area contributed by atoms with Crippen molar-refractivity contribution in [2.75, 3.05) is 11.9 Å². The molecule has 4 rings (SSSR count). The lowest BCUT2D eigenvalue weighted by Crippen LogP contribution is -2.25. The number of amides is 1. The normalized spacial score (nSPS) is 11.8. The molecule has 2 N–H and O–H groups in total. The number of nitrogens with zero attached hydrogens (tertiary/aromatic N) is 2. The highest BCUT2D eigenvalue weighted by Gasteiger charge is 2.28. The molecule has 0 bridgehead atoms. The molecule has 2 aromatic carbocycles. The van der Waals surface area contributed by atoms with Crippen LogP contribution in [-0.4, -0.2) is 33.2 Å². The van der Waals surface area contributed by atoms with Gasteiger partial charge in [-0.2, -0.15) is 13.2 Å². The Morgan fingerprint density at radius 1 is 1.24 bits per heavy atom. The molecule has 0 unspecified atom stereocenters. The number of rotatable bonds is 5. The Balaban J connectivity index is 1.49. The highest BCUT2D eigenvalue weighted by molar-refractivity contribution is 7.22. The fourth-order valence-electron chi connectivity index (χ4n) is 2.78. The molecule has 2 aromatic heterocycles. The van der Waals surface area contributed by atoms with E-state index >= 15 is 0 Å². The minimum Gasteiger partial charge on any atom is -0.484 e. The molecule has 0 saturated heterocycles. The SMILES string of the molecule is O=C(Cn1c(=O)[nH]c2ccccc21)Nc1nc2ccc(OCC(F)(F)F)cc2s1. The summed E-state index contributed by atoms with van der Waals surface area (Å²) < 4.78 is 43.4. The highest BCUT2D eigenvalue weighted by atomic mass is 32.1. The second-order valence-corrected chi connectivity index (χ2v) is 7.16. The third-order valence-electron chi connectivity index (χ3n) is 3.99. The molecule has 0 aliphatic carbocycles. The standard InChI is InChI=1S/C18H13F3N4O3S/c19-18(20,21)9-28-10-5-6-12-14(7-10)29-16(22-12)24-15(26)8-25-13-4-2-1-3-11(13)23-17(25)27/h1-7H,8-9H2,(H,23,27)(H,22,24,26). The number of nitrogens with one attached hydrogen (secondary N) is 2. The molecule has 0 aliphatic heterocycles. The van der Waals surface area contributed by atoms with Gasteiger partial charge in [0.15, 0.2) is 11.7 Å². The predicted octanol–water partition coefficient (Wildman–Crippen LogP) is 3.52. The summed E-state index contributed by atoms with van der Waals surface area (Å²) in [6.45, 7) is -1.60. The van der Waals surface area contributed by atoms with E-state index < -0.39 is 24.4 Å². The van der Waals surface area contributed by atoms with Gasteiger partial charge in [-0.05, 0) is 30.3 Å². The summed E-state index contributed by atoms with van der Waals surface area (Å²) in [4.78, 5) is 31.3. The Hall–Kier alpha value is -3.34. The van der Waals surface area contributed by atoms with E-state index in [0.29, 0.717) is 21.3 Å². The first kappa shape index (κ1) is 19.0. The lowest BCUT2D eigenvalue weighted by Gasteiger charge is -2.08. The van der Waals surface area contributed by atoms with E-state index in [9.17, 15) is 22.8 Å². The topological polar surface area (TPSA) is 89.0 Å². The number of alkyl halides is 3. The van der Waals surface area contributed by atoms with Crippen LogP contribution in [-0.2, 0) is 11.3 Å². The molecule has 0 fully saturated rings. The maximum absolute atomic E-state index is 12.4. The van der Waals surface area contributed by atoms with Gasteiger partial charge in [-0.25, -0.2) is 9.78 Å². The minimum absolute atomic E-state index is 0.0571. The summed E-state index contributed by atoms with van der Waals surface area (Å²) >= 11 is 1.09. The van der Waals surface area contributed by atoms with Gasteiger partial charge in [-0.15, -0.1) is 0 Å². The van der Waals surface area contributed by atoms with Crippen LogP contribution in [0, 0.1) is 0 Å². The largest absolute Gasteiger partial charge is 0.484 e. The molecule has 2 heterocycles. The van der Waals surface area contributed by atoms with Gasteiger partial charge >= 0.3 is 11.9 Å². The first-order valence-corrected chi connectivity index (χ1v) is 9.18. The van der Waals surface area contributed by atoms with Crippen molar-refractivity contribution in [2.24, 2.45) is 0 Å². The summed E-state index contributed by atoms with van der Waals surface area (Å²) in [6.07, 6.45) is -4.43. The number of H-pyrrole nitrogens is 1. The molecule has 1 amide bonds. The monoisotopic (exact) mass is 422 g/mol. The van der Waals surface area contributed by atoms with E-state index in [0.717, 1.165) is 11.3 Å². The summed E-state index contributed by atoms with van der Waals surface area (Å²) in [5.41, 5.74) is 1.33. The van der Waals surface area contributed by atoms with Gasteiger partial charge in [0.2, 0.25) is 5.91 Å². The van der Waals surface area contributed by atoms with Gasteiger partial charge in [0.05, 0.1) is 21.3 Å². The number of aromatic amines is 1. The van der Waals surface area contributed by atoms with E-state index in [1.807, 2.05) is 0 Å². The number of benzene rings is 2. The number of carbonyl (C=O) groups excluding carboxylic acids is 1. The second kappa shape index (κ2) is 7.24. The number of hydrogen-bond donors (Lipinski definition) is 2. The van der Waals surface area contributed by atoms with Gasteiger partial charge in [0, 0.05) is 0 Å². The number of imidazole rings is 1. The lowest BCUT2D eigenvalue weighted by molar-refractivity contribution is -0.153. The minimum atomic E-state index is -4.43. The summed E-state index contributed by atoms with van der Waals surface area (Å²) in [7, 11) is 0. The lowest BCUT2D eigenvalue weighted by atomic mass is 10.3. The van der Waals surface area contributed by atoms with Crippen LogP contribution in [0.2, 0.25) is 0 Å². The number of anilines is 1. The van der Waals surface area contributed by atoms with Gasteiger partial charge in [-0.1, -0.05) is 23.5 Å². The Labute approximate surface area is 164 Å². The zero-order valence-electron chi connectivity index (χ0n) is 14.6. The van der Waals surface area contributed by atoms with Crippen molar-refractivity contribution in [1.82, 2.24) is 14.5 Å². The van der Waals surface area contributed by atoms with E-state index in [2.05, 4.69) is 15.3 Å². The molecule has 150 valence electrons. The molecular formula is C18H13F3N4O3S. The Morgan fingerprint density at radius 3 is 2.83 bits per heavy atom. The van der Waals surface area contributed by atoms with Crippen LogP contribution in [0.15, 0.2) is 47.3 Å². The number of ether oxygens (including phenoxy) is 1. The first-order valence-electron chi connectivity index (χ1n) is 8.36. The summed E-state index contributed by atoms with van der Waals surface area (Å²) in [5, 5.41) is 2.88. The van der Waals surface area contributed by atoms with Crippen molar-refractivity contribution < 1.29 is 22.7 Å². The fraction of sp³-hybridized carbons (Fsp3) is 0.167. The highest BCUT2D eigenvalue weighted by Crippen LogP contribution is 2.30. The van der Waals surface area contributed by atoms with Crippen molar-refractivity contribution in [3.05, 3.63) is 52.9 Å². The molecule has 0 radical (unpaired) electrons. The van der Waals surface area contributed by atoms with Crippen molar-refractivity contribution in [1.29, 1.82) is 0 Å². The molecule has 11 heteroatoms. The van der Waals surface area contributed by atoms with Crippen LogP contribution in [0.3, 0.4) is 0 Å². The Kier molecular flexibility index (Phi) is 4.74. The average molecular weight is 422 g/mol. The summed E-state index contributed by atoms with van der Waals surface area (Å²) in [5.74, 6) is -0.397. The molecule has 4 aromatic rings. The third kappa shape index (κ3) is 4.24.